The number of carbonyl (C=O) groups is 3. The van der Waals surface area contributed by atoms with Gasteiger partial charge in [0.25, 0.3) is 5.91 Å². The molecular formula is C22H21N3O6. The van der Waals surface area contributed by atoms with Crippen LogP contribution in [-0.4, -0.2) is 43.3 Å². The van der Waals surface area contributed by atoms with E-state index < -0.39 is 18.5 Å². The Labute approximate surface area is 178 Å². The second-order valence-corrected chi connectivity index (χ2v) is 6.92. The van der Waals surface area contributed by atoms with Gasteiger partial charge in [-0.1, -0.05) is 18.2 Å². The number of hydrogen-bond donors (Lipinski definition) is 1. The van der Waals surface area contributed by atoms with E-state index in [0.29, 0.717) is 36.1 Å². The highest BCUT2D eigenvalue weighted by molar-refractivity contribution is 6.38. The number of nitrogens with one attached hydrogen (secondary N) is 1. The van der Waals surface area contributed by atoms with Crippen molar-refractivity contribution in [3.8, 4) is 11.5 Å². The molecule has 160 valence electrons. The van der Waals surface area contributed by atoms with Crippen LogP contribution in [0.3, 0.4) is 0 Å². The second kappa shape index (κ2) is 9.29. The molecule has 0 aliphatic carbocycles. The van der Waals surface area contributed by atoms with Crippen molar-refractivity contribution in [1.82, 2.24) is 0 Å². The second-order valence-electron chi connectivity index (χ2n) is 6.92. The van der Waals surface area contributed by atoms with E-state index in [1.54, 1.807) is 42.5 Å². The number of esters is 1. The Morgan fingerprint density at radius 2 is 1.81 bits per heavy atom. The number of rotatable bonds is 5. The number of amides is 2. The molecule has 0 bridgehead atoms. The van der Waals surface area contributed by atoms with Crippen LogP contribution in [0, 0.1) is 0 Å². The van der Waals surface area contributed by atoms with Gasteiger partial charge in [-0.3, -0.25) is 9.59 Å². The van der Waals surface area contributed by atoms with E-state index in [4.69, 9.17) is 14.2 Å². The molecule has 0 radical (unpaired) electrons. The molecule has 4 rings (SSSR count). The van der Waals surface area contributed by atoms with Gasteiger partial charge in [0.2, 0.25) is 5.91 Å². The molecule has 0 saturated carbocycles. The molecule has 31 heavy (non-hydrogen) atoms. The van der Waals surface area contributed by atoms with Crippen molar-refractivity contribution in [3.63, 3.8) is 0 Å². The van der Waals surface area contributed by atoms with Gasteiger partial charge in [-0.25, -0.2) is 9.80 Å². The highest BCUT2D eigenvalue weighted by Crippen LogP contribution is 2.32. The van der Waals surface area contributed by atoms with Crippen LogP contribution in [-0.2, 0) is 19.1 Å². The SMILES string of the molecule is O=C(COC(=O)C1=NN(c2ccccc2)C(=O)CC1)Nc1ccc2c(c1)OCCCO2. The van der Waals surface area contributed by atoms with Crippen molar-refractivity contribution in [3.05, 3.63) is 48.5 Å². The van der Waals surface area contributed by atoms with Crippen LogP contribution in [0.2, 0.25) is 0 Å². The predicted molar refractivity (Wildman–Crippen MR) is 112 cm³/mol. The Hall–Kier alpha value is -3.88. The van der Waals surface area contributed by atoms with Gasteiger partial charge in [0.1, 0.15) is 5.71 Å². The number of carbonyl (C=O) groups excluding carboxylic acids is 3. The first kappa shape index (κ1) is 20.4. The quantitative estimate of drug-likeness (QED) is 0.741. The summed E-state index contributed by atoms with van der Waals surface area (Å²) in [6.45, 7) is 0.629. The van der Waals surface area contributed by atoms with Crippen molar-refractivity contribution >= 4 is 34.9 Å². The summed E-state index contributed by atoms with van der Waals surface area (Å²) >= 11 is 0. The van der Waals surface area contributed by atoms with Crippen LogP contribution < -0.4 is 19.8 Å². The average Bonchev–Trinajstić information content (AvgIpc) is 3.03. The molecule has 2 aromatic carbocycles. The monoisotopic (exact) mass is 423 g/mol. The standard InChI is InChI=1S/C22H21N3O6/c26-20(23-15-7-9-18-19(13-15)30-12-4-11-29-18)14-31-22(28)17-8-10-21(27)25(24-17)16-5-2-1-3-6-16/h1-3,5-7,9,13H,4,8,10-12,14H2,(H,23,26). The molecule has 2 amide bonds. The Balaban J connectivity index is 1.34. The Morgan fingerprint density at radius 3 is 2.61 bits per heavy atom. The normalized spacial score (nSPS) is 15.5. The number of hydrazone groups is 1. The maximum absolute atomic E-state index is 12.4. The molecule has 9 heteroatoms. The smallest absolute Gasteiger partial charge is 0.355 e. The Morgan fingerprint density at radius 1 is 1.03 bits per heavy atom. The van der Waals surface area contributed by atoms with Gasteiger partial charge in [-0.15, -0.1) is 0 Å². The van der Waals surface area contributed by atoms with Crippen LogP contribution in [0.4, 0.5) is 11.4 Å². The third-order valence-corrected chi connectivity index (χ3v) is 4.63. The first-order valence-electron chi connectivity index (χ1n) is 9.92. The number of hydrogen-bond acceptors (Lipinski definition) is 7. The maximum Gasteiger partial charge on any atom is 0.355 e. The fourth-order valence-corrected chi connectivity index (χ4v) is 3.12. The van der Waals surface area contributed by atoms with Crippen molar-refractivity contribution < 1.29 is 28.6 Å². The molecule has 0 fully saturated rings. The topological polar surface area (TPSA) is 107 Å². The van der Waals surface area contributed by atoms with Gasteiger partial charge >= 0.3 is 5.97 Å². The molecule has 2 heterocycles. The summed E-state index contributed by atoms with van der Waals surface area (Å²) in [7, 11) is 0. The van der Waals surface area contributed by atoms with Crippen LogP contribution in [0.15, 0.2) is 53.6 Å². The number of ether oxygens (including phenoxy) is 3. The van der Waals surface area contributed by atoms with E-state index in [1.807, 2.05) is 6.07 Å². The zero-order chi connectivity index (χ0) is 21.6. The van der Waals surface area contributed by atoms with Crippen molar-refractivity contribution in [2.24, 2.45) is 5.10 Å². The number of anilines is 2. The van der Waals surface area contributed by atoms with E-state index in [9.17, 15) is 14.4 Å². The molecule has 2 aliphatic heterocycles. The van der Waals surface area contributed by atoms with Gasteiger partial charge in [-0.05, 0) is 24.3 Å². The van der Waals surface area contributed by atoms with Crippen LogP contribution >= 0.6 is 0 Å². The largest absolute Gasteiger partial charge is 0.490 e. The minimum Gasteiger partial charge on any atom is -0.490 e. The minimum atomic E-state index is -0.734. The van der Waals surface area contributed by atoms with E-state index in [0.717, 1.165) is 6.42 Å². The summed E-state index contributed by atoms with van der Waals surface area (Å²) in [5, 5.41) is 7.95. The highest BCUT2D eigenvalue weighted by atomic mass is 16.5. The summed E-state index contributed by atoms with van der Waals surface area (Å²) in [6.07, 6.45) is 1.07. The fraction of sp³-hybridized carbons (Fsp3) is 0.273. The summed E-state index contributed by atoms with van der Waals surface area (Å²) in [5.74, 6) is -0.281. The van der Waals surface area contributed by atoms with Gasteiger partial charge in [0, 0.05) is 31.0 Å². The van der Waals surface area contributed by atoms with E-state index in [1.165, 1.54) is 5.01 Å². The maximum atomic E-state index is 12.4. The molecule has 0 atom stereocenters. The number of para-hydroxylation sites is 1. The van der Waals surface area contributed by atoms with Crippen molar-refractivity contribution in [2.75, 3.05) is 30.1 Å². The van der Waals surface area contributed by atoms with Gasteiger partial charge in [0.05, 0.1) is 18.9 Å². The van der Waals surface area contributed by atoms with Crippen LogP contribution in [0.5, 0.6) is 11.5 Å². The minimum absolute atomic E-state index is 0.0897. The number of fused-ring (bicyclic) bond motifs is 1. The molecule has 9 nitrogen and oxygen atoms in total. The lowest BCUT2D eigenvalue weighted by Gasteiger charge is -2.22. The molecule has 0 aromatic heterocycles. The lowest BCUT2D eigenvalue weighted by atomic mass is 10.1. The Kier molecular flexibility index (Phi) is 6.11. The molecular weight excluding hydrogens is 402 g/mol. The van der Waals surface area contributed by atoms with E-state index >= 15 is 0 Å². The van der Waals surface area contributed by atoms with Gasteiger partial charge < -0.3 is 19.5 Å². The molecule has 0 spiro atoms. The lowest BCUT2D eigenvalue weighted by molar-refractivity contribution is -0.140. The Bertz CT molecular complexity index is 1020. The van der Waals surface area contributed by atoms with E-state index in [-0.39, 0.29) is 24.5 Å². The summed E-state index contributed by atoms with van der Waals surface area (Å²) < 4.78 is 16.2. The zero-order valence-corrected chi connectivity index (χ0v) is 16.7. The highest BCUT2D eigenvalue weighted by Gasteiger charge is 2.26. The molecule has 1 N–H and O–H groups in total. The van der Waals surface area contributed by atoms with Crippen molar-refractivity contribution in [1.29, 1.82) is 0 Å². The lowest BCUT2D eigenvalue weighted by Crippen LogP contribution is -2.35. The molecule has 0 unspecified atom stereocenters. The van der Waals surface area contributed by atoms with Crippen LogP contribution in [0.25, 0.3) is 0 Å². The molecule has 2 aromatic rings. The average molecular weight is 423 g/mol. The summed E-state index contributed by atoms with van der Waals surface area (Å²) in [5.41, 5.74) is 1.15. The fourth-order valence-electron chi connectivity index (χ4n) is 3.12. The molecule has 0 saturated heterocycles. The third-order valence-electron chi connectivity index (χ3n) is 4.63. The van der Waals surface area contributed by atoms with Gasteiger partial charge in [-0.2, -0.15) is 5.10 Å². The summed E-state index contributed by atoms with van der Waals surface area (Å²) in [4.78, 5) is 36.7. The third kappa shape index (κ3) is 5.00. The van der Waals surface area contributed by atoms with Crippen LogP contribution in [0.1, 0.15) is 19.3 Å². The van der Waals surface area contributed by atoms with E-state index in [2.05, 4.69) is 10.4 Å². The number of benzene rings is 2. The summed E-state index contributed by atoms with van der Waals surface area (Å²) in [6, 6.07) is 13.9. The first-order valence-corrected chi connectivity index (χ1v) is 9.92. The first-order chi connectivity index (χ1) is 15.1. The molecule has 2 aliphatic rings. The number of nitrogens with zero attached hydrogens (tertiary/aromatic N) is 2. The predicted octanol–water partition coefficient (Wildman–Crippen LogP) is 2.51. The van der Waals surface area contributed by atoms with Gasteiger partial charge in [0.15, 0.2) is 18.1 Å². The van der Waals surface area contributed by atoms with Crippen molar-refractivity contribution in [2.45, 2.75) is 19.3 Å². The zero-order valence-electron chi connectivity index (χ0n) is 16.7.